The normalized spacial score (nSPS) is 11.0. The zero-order chi connectivity index (χ0) is 19.7. The Hall–Kier alpha value is -3.33. The molecule has 4 aromatic rings. The third-order valence-corrected chi connectivity index (χ3v) is 5.25. The molecule has 1 N–H and O–H groups in total. The van der Waals surface area contributed by atoms with Crippen LogP contribution in [0.5, 0.6) is 0 Å². The lowest BCUT2D eigenvalue weighted by Crippen LogP contribution is -2.20. The lowest BCUT2D eigenvalue weighted by atomic mass is 10.3. The SMILES string of the molecule is Cc1nc(C)c(-c2ccn(CC(=O)Nc3cc(-c4ccccn4)nn3C)n2)s1. The van der Waals surface area contributed by atoms with Crippen LogP contribution in [0.1, 0.15) is 10.7 Å². The Balaban J connectivity index is 1.45. The van der Waals surface area contributed by atoms with Gasteiger partial charge in [-0.3, -0.25) is 19.1 Å². The molecule has 0 fully saturated rings. The van der Waals surface area contributed by atoms with E-state index in [0.717, 1.165) is 27.0 Å². The lowest BCUT2D eigenvalue weighted by molar-refractivity contribution is -0.116. The quantitative estimate of drug-likeness (QED) is 0.563. The first-order valence-corrected chi connectivity index (χ1v) is 9.54. The van der Waals surface area contributed by atoms with Crippen molar-refractivity contribution in [1.82, 2.24) is 29.5 Å². The van der Waals surface area contributed by atoms with E-state index in [4.69, 9.17) is 0 Å². The molecule has 4 rings (SSSR count). The highest BCUT2D eigenvalue weighted by Gasteiger charge is 2.14. The topological polar surface area (TPSA) is 90.5 Å². The van der Waals surface area contributed by atoms with Crippen molar-refractivity contribution in [1.29, 1.82) is 0 Å². The number of aromatic nitrogens is 6. The average molecular weight is 393 g/mol. The molecule has 9 heteroatoms. The minimum Gasteiger partial charge on any atom is -0.309 e. The monoisotopic (exact) mass is 393 g/mol. The van der Waals surface area contributed by atoms with E-state index >= 15 is 0 Å². The molecular formula is C19H19N7OS. The van der Waals surface area contributed by atoms with Gasteiger partial charge in [0.15, 0.2) is 0 Å². The van der Waals surface area contributed by atoms with Crippen LogP contribution in [0.25, 0.3) is 22.0 Å². The van der Waals surface area contributed by atoms with E-state index in [2.05, 4.69) is 25.5 Å². The second-order valence-corrected chi connectivity index (χ2v) is 7.55. The van der Waals surface area contributed by atoms with Crippen LogP contribution >= 0.6 is 11.3 Å². The minimum atomic E-state index is -0.178. The molecule has 0 saturated carbocycles. The van der Waals surface area contributed by atoms with Gasteiger partial charge in [0, 0.05) is 25.5 Å². The van der Waals surface area contributed by atoms with Crippen LogP contribution in [0, 0.1) is 13.8 Å². The zero-order valence-electron chi connectivity index (χ0n) is 15.7. The van der Waals surface area contributed by atoms with Gasteiger partial charge >= 0.3 is 0 Å². The molecule has 142 valence electrons. The molecule has 0 aliphatic rings. The predicted molar refractivity (Wildman–Crippen MR) is 108 cm³/mol. The summed E-state index contributed by atoms with van der Waals surface area (Å²) >= 11 is 1.60. The number of rotatable bonds is 5. The van der Waals surface area contributed by atoms with Crippen molar-refractivity contribution in [3.05, 3.63) is 53.4 Å². The van der Waals surface area contributed by atoms with E-state index < -0.39 is 0 Å². The summed E-state index contributed by atoms with van der Waals surface area (Å²) in [6.07, 6.45) is 3.51. The Kier molecular flexibility index (Phi) is 4.74. The molecule has 8 nitrogen and oxygen atoms in total. The molecular weight excluding hydrogens is 374 g/mol. The molecule has 0 radical (unpaired) electrons. The van der Waals surface area contributed by atoms with Gasteiger partial charge in [0.1, 0.15) is 23.8 Å². The standard InChI is InChI=1S/C19H19N7OS/c1-12-19(28-13(2)21-12)15-7-9-26(24-15)11-18(27)22-17-10-16(23-25(17)3)14-6-4-5-8-20-14/h4-10H,11H2,1-3H3,(H,22,27). The fourth-order valence-corrected chi connectivity index (χ4v) is 3.78. The number of aryl methyl sites for hydroxylation is 3. The van der Waals surface area contributed by atoms with Crippen LogP contribution in [-0.2, 0) is 18.4 Å². The van der Waals surface area contributed by atoms with Crippen LogP contribution < -0.4 is 5.32 Å². The number of anilines is 1. The fourth-order valence-electron chi connectivity index (χ4n) is 2.89. The van der Waals surface area contributed by atoms with E-state index in [9.17, 15) is 4.79 Å². The second kappa shape index (κ2) is 7.35. The van der Waals surface area contributed by atoms with Gasteiger partial charge in [-0.05, 0) is 32.0 Å². The molecule has 0 bridgehead atoms. The number of carbonyl (C=O) groups is 1. The highest BCUT2D eigenvalue weighted by molar-refractivity contribution is 7.15. The van der Waals surface area contributed by atoms with E-state index in [1.807, 2.05) is 38.1 Å². The van der Waals surface area contributed by atoms with Crippen LogP contribution in [0.2, 0.25) is 0 Å². The number of carbonyl (C=O) groups excluding carboxylic acids is 1. The summed E-state index contributed by atoms with van der Waals surface area (Å²) in [6, 6.07) is 9.33. The summed E-state index contributed by atoms with van der Waals surface area (Å²) in [7, 11) is 1.78. The Bertz CT molecular complexity index is 1130. The Labute approximate surface area is 165 Å². The van der Waals surface area contributed by atoms with Crippen LogP contribution in [0.15, 0.2) is 42.7 Å². The van der Waals surface area contributed by atoms with E-state index in [0.29, 0.717) is 11.5 Å². The first-order valence-electron chi connectivity index (χ1n) is 8.73. The highest BCUT2D eigenvalue weighted by Crippen LogP contribution is 2.28. The molecule has 4 aromatic heterocycles. The van der Waals surface area contributed by atoms with Crippen molar-refractivity contribution in [2.45, 2.75) is 20.4 Å². The van der Waals surface area contributed by atoms with Gasteiger partial charge in [-0.15, -0.1) is 11.3 Å². The lowest BCUT2D eigenvalue weighted by Gasteiger charge is -2.05. The molecule has 0 unspecified atom stereocenters. The number of thiazole rings is 1. The number of nitrogens with one attached hydrogen (secondary N) is 1. The third-order valence-electron chi connectivity index (χ3n) is 4.16. The zero-order valence-corrected chi connectivity index (χ0v) is 16.6. The number of pyridine rings is 1. The van der Waals surface area contributed by atoms with Crippen molar-refractivity contribution >= 4 is 23.1 Å². The van der Waals surface area contributed by atoms with Gasteiger partial charge in [-0.25, -0.2) is 4.98 Å². The van der Waals surface area contributed by atoms with Crippen LogP contribution in [-0.4, -0.2) is 35.4 Å². The maximum absolute atomic E-state index is 12.5. The summed E-state index contributed by atoms with van der Waals surface area (Å²) in [5.74, 6) is 0.425. The van der Waals surface area contributed by atoms with Crippen molar-refractivity contribution in [3.63, 3.8) is 0 Å². The van der Waals surface area contributed by atoms with Gasteiger partial charge < -0.3 is 5.32 Å². The summed E-state index contributed by atoms with van der Waals surface area (Å²) < 4.78 is 3.25. The summed E-state index contributed by atoms with van der Waals surface area (Å²) in [4.78, 5) is 22.2. The molecule has 0 aromatic carbocycles. The van der Waals surface area contributed by atoms with E-state index in [1.54, 1.807) is 46.2 Å². The Morgan fingerprint density at radius 2 is 2.00 bits per heavy atom. The molecule has 0 atom stereocenters. The van der Waals surface area contributed by atoms with Crippen LogP contribution in [0.4, 0.5) is 5.82 Å². The summed E-state index contributed by atoms with van der Waals surface area (Å²) in [6.45, 7) is 4.05. The van der Waals surface area contributed by atoms with E-state index in [-0.39, 0.29) is 12.5 Å². The number of nitrogens with zero attached hydrogens (tertiary/aromatic N) is 6. The van der Waals surface area contributed by atoms with Crippen molar-refractivity contribution < 1.29 is 4.79 Å². The van der Waals surface area contributed by atoms with Crippen LogP contribution in [0.3, 0.4) is 0 Å². The smallest absolute Gasteiger partial charge is 0.247 e. The van der Waals surface area contributed by atoms with Gasteiger partial charge in [0.05, 0.1) is 21.3 Å². The van der Waals surface area contributed by atoms with Gasteiger partial charge in [-0.1, -0.05) is 6.07 Å². The van der Waals surface area contributed by atoms with Crippen molar-refractivity contribution in [2.24, 2.45) is 7.05 Å². The second-order valence-electron chi connectivity index (χ2n) is 6.35. The fraction of sp³-hybridized carbons (Fsp3) is 0.211. The van der Waals surface area contributed by atoms with E-state index in [1.165, 1.54) is 0 Å². The molecule has 0 spiro atoms. The molecule has 4 heterocycles. The van der Waals surface area contributed by atoms with Gasteiger partial charge in [0.2, 0.25) is 5.91 Å². The third kappa shape index (κ3) is 3.70. The molecule has 0 aliphatic carbocycles. The predicted octanol–water partition coefficient (Wildman–Crippen LogP) is 3.06. The maximum Gasteiger partial charge on any atom is 0.247 e. The minimum absolute atomic E-state index is 0.112. The summed E-state index contributed by atoms with van der Waals surface area (Å²) in [5.41, 5.74) is 3.24. The number of amides is 1. The summed E-state index contributed by atoms with van der Waals surface area (Å²) in [5, 5.41) is 12.8. The molecule has 0 saturated heterocycles. The van der Waals surface area contributed by atoms with Crippen molar-refractivity contribution in [3.8, 4) is 22.0 Å². The largest absolute Gasteiger partial charge is 0.309 e. The number of hydrogen-bond donors (Lipinski definition) is 1. The molecule has 28 heavy (non-hydrogen) atoms. The Morgan fingerprint density at radius 1 is 1.14 bits per heavy atom. The molecule has 1 amide bonds. The van der Waals surface area contributed by atoms with Crippen molar-refractivity contribution in [2.75, 3.05) is 5.32 Å². The van der Waals surface area contributed by atoms with Gasteiger partial charge in [0.25, 0.3) is 0 Å². The first-order chi connectivity index (χ1) is 13.5. The first kappa shape index (κ1) is 18.1. The average Bonchev–Trinajstić information content (AvgIpc) is 3.35. The maximum atomic E-state index is 12.5. The number of hydrogen-bond acceptors (Lipinski definition) is 6. The highest BCUT2D eigenvalue weighted by atomic mass is 32.1. The van der Waals surface area contributed by atoms with Gasteiger partial charge in [-0.2, -0.15) is 10.2 Å². The molecule has 0 aliphatic heterocycles. The Morgan fingerprint density at radius 3 is 2.71 bits per heavy atom.